The smallest absolute Gasteiger partial charge is 0.316 e. The van der Waals surface area contributed by atoms with E-state index in [0.717, 1.165) is 10.6 Å². The van der Waals surface area contributed by atoms with Crippen LogP contribution in [0.2, 0.25) is 0 Å². The van der Waals surface area contributed by atoms with Gasteiger partial charge in [0, 0.05) is 16.1 Å². The molecule has 4 N–H and O–H groups in total. The minimum absolute atomic E-state index is 0.206. The molecule has 2 aromatic rings. The molecule has 0 aliphatic rings. The molecular formula is C15H15N3O2S. The summed E-state index contributed by atoms with van der Waals surface area (Å²) in [5.41, 5.74) is 6.84. The van der Waals surface area contributed by atoms with Crippen LogP contribution in [0.15, 0.2) is 53.4 Å². The fourth-order valence-corrected chi connectivity index (χ4v) is 2.34. The number of benzene rings is 2. The number of para-hydroxylation sites is 1. The molecule has 0 aliphatic carbocycles. The molecular weight excluding hydrogens is 286 g/mol. The number of amides is 3. The predicted molar refractivity (Wildman–Crippen MR) is 85.8 cm³/mol. The van der Waals surface area contributed by atoms with Gasteiger partial charge in [-0.3, -0.25) is 4.79 Å². The largest absolute Gasteiger partial charge is 0.351 e. The minimum Gasteiger partial charge on any atom is -0.351 e. The van der Waals surface area contributed by atoms with E-state index in [1.54, 1.807) is 36.0 Å². The van der Waals surface area contributed by atoms with Gasteiger partial charge >= 0.3 is 6.03 Å². The first-order valence-corrected chi connectivity index (χ1v) is 7.43. The van der Waals surface area contributed by atoms with Crippen LogP contribution >= 0.6 is 11.8 Å². The lowest BCUT2D eigenvalue weighted by Gasteiger charge is -2.09. The van der Waals surface area contributed by atoms with Gasteiger partial charge in [-0.25, -0.2) is 4.79 Å². The fourth-order valence-electron chi connectivity index (χ4n) is 1.79. The third-order valence-electron chi connectivity index (χ3n) is 2.77. The summed E-state index contributed by atoms with van der Waals surface area (Å²) in [4.78, 5) is 23.9. The number of nitrogens with one attached hydrogen (secondary N) is 2. The zero-order chi connectivity index (χ0) is 15.2. The van der Waals surface area contributed by atoms with E-state index in [-0.39, 0.29) is 5.91 Å². The maximum absolute atomic E-state index is 12.2. The lowest BCUT2D eigenvalue weighted by molar-refractivity contribution is 0.102. The van der Waals surface area contributed by atoms with Gasteiger partial charge in [-0.2, -0.15) is 0 Å². The summed E-state index contributed by atoms with van der Waals surface area (Å²) in [7, 11) is 0. The summed E-state index contributed by atoms with van der Waals surface area (Å²) < 4.78 is 0. The highest BCUT2D eigenvalue weighted by Crippen LogP contribution is 2.25. The number of thioether (sulfide) groups is 1. The molecule has 0 radical (unpaired) electrons. The Morgan fingerprint density at radius 2 is 1.67 bits per heavy atom. The van der Waals surface area contributed by atoms with Crippen LogP contribution in [-0.4, -0.2) is 18.2 Å². The Balaban J connectivity index is 2.11. The summed E-state index contributed by atoms with van der Waals surface area (Å²) in [5.74, 6) is -0.206. The second-order valence-electron chi connectivity index (χ2n) is 4.22. The number of primary amides is 1. The molecule has 0 atom stereocenters. The van der Waals surface area contributed by atoms with Crippen molar-refractivity contribution in [3.8, 4) is 0 Å². The van der Waals surface area contributed by atoms with E-state index in [4.69, 9.17) is 5.73 Å². The van der Waals surface area contributed by atoms with Crippen molar-refractivity contribution >= 4 is 35.1 Å². The van der Waals surface area contributed by atoms with Crippen LogP contribution in [0.3, 0.4) is 0 Å². The van der Waals surface area contributed by atoms with E-state index in [0.29, 0.717) is 11.3 Å². The van der Waals surface area contributed by atoms with E-state index in [1.165, 1.54) is 0 Å². The van der Waals surface area contributed by atoms with E-state index < -0.39 is 6.03 Å². The Kier molecular flexibility index (Phi) is 4.84. The van der Waals surface area contributed by atoms with Crippen molar-refractivity contribution in [2.75, 3.05) is 16.9 Å². The van der Waals surface area contributed by atoms with E-state index in [9.17, 15) is 9.59 Å². The Hall–Kier alpha value is -2.47. The number of hydrogen-bond donors (Lipinski definition) is 3. The summed E-state index contributed by atoms with van der Waals surface area (Å²) in [6.07, 6.45) is 1.95. The monoisotopic (exact) mass is 301 g/mol. The van der Waals surface area contributed by atoms with Crippen LogP contribution < -0.4 is 16.4 Å². The highest BCUT2D eigenvalue weighted by molar-refractivity contribution is 7.98. The highest BCUT2D eigenvalue weighted by atomic mass is 32.2. The van der Waals surface area contributed by atoms with Crippen LogP contribution in [0.1, 0.15) is 10.4 Å². The van der Waals surface area contributed by atoms with E-state index >= 15 is 0 Å². The zero-order valence-electron chi connectivity index (χ0n) is 11.4. The summed E-state index contributed by atoms with van der Waals surface area (Å²) >= 11 is 1.57. The van der Waals surface area contributed by atoms with Gasteiger partial charge in [0.05, 0.1) is 5.69 Å². The molecule has 0 bridgehead atoms. The van der Waals surface area contributed by atoms with Crippen LogP contribution in [0.5, 0.6) is 0 Å². The number of rotatable bonds is 4. The fraction of sp³-hybridized carbons (Fsp3) is 0.0667. The first-order chi connectivity index (χ1) is 10.1. The summed E-state index contributed by atoms with van der Waals surface area (Å²) in [6, 6.07) is 13.5. The van der Waals surface area contributed by atoms with Gasteiger partial charge in [0.25, 0.3) is 5.91 Å². The number of carbonyl (C=O) groups excluding carboxylic acids is 2. The van der Waals surface area contributed by atoms with Gasteiger partial charge in [-0.15, -0.1) is 11.8 Å². The van der Waals surface area contributed by atoms with Crippen molar-refractivity contribution in [2.45, 2.75) is 4.90 Å². The number of anilines is 2. The Labute approximate surface area is 126 Å². The second kappa shape index (κ2) is 6.81. The van der Waals surface area contributed by atoms with Crippen molar-refractivity contribution in [2.24, 2.45) is 5.73 Å². The van der Waals surface area contributed by atoms with E-state index in [2.05, 4.69) is 10.6 Å². The molecule has 6 heteroatoms. The highest BCUT2D eigenvalue weighted by Gasteiger charge is 2.08. The molecule has 0 heterocycles. The summed E-state index contributed by atoms with van der Waals surface area (Å²) in [6.45, 7) is 0. The molecule has 2 rings (SSSR count). The maximum Gasteiger partial charge on any atom is 0.316 e. The Morgan fingerprint density at radius 1 is 1.00 bits per heavy atom. The van der Waals surface area contributed by atoms with Crippen LogP contribution in [-0.2, 0) is 0 Å². The molecule has 0 saturated heterocycles. The van der Waals surface area contributed by atoms with Gasteiger partial charge < -0.3 is 16.4 Å². The van der Waals surface area contributed by atoms with Crippen molar-refractivity contribution in [3.05, 3.63) is 54.1 Å². The predicted octanol–water partition coefficient (Wildman–Crippen LogP) is 3.15. The average Bonchev–Trinajstić information content (AvgIpc) is 2.48. The maximum atomic E-state index is 12.2. The molecule has 5 nitrogen and oxygen atoms in total. The molecule has 3 amide bonds. The molecule has 0 fully saturated rings. The second-order valence-corrected chi connectivity index (χ2v) is 5.07. The van der Waals surface area contributed by atoms with E-state index in [1.807, 2.05) is 30.5 Å². The third-order valence-corrected chi connectivity index (χ3v) is 3.57. The molecule has 108 valence electrons. The molecule has 0 aliphatic heterocycles. The van der Waals surface area contributed by atoms with Crippen LogP contribution in [0.25, 0.3) is 0 Å². The quantitative estimate of drug-likeness (QED) is 0.758. The van der Waals surface area contributed by atoms with Gasteiger partial charge in [0.1, 0.15) is 0 Å². The first kappa shape index (κ1) is 14.9. The lowest BCUT2D eigenvalue weighted by atomic mass is 10.2. The van der Waals surface area contributed by atoms with Gasteiger partial charge in [-0.1, -0.05) is 12.1 Å². The van der Waals surface area contributed by atoms with Crippen molar-refractivity contribution < 1.29 is 9.59 Å². The average molecular weight is 301 g/mol. The topological polar surface area (TPSA) is 84.2 Å². The minimum atomic E-state index is -0.638. The molecule has 2 aromatic carbocycles. The van der Waals surface area contributed by atoms with Crippen LogP contribution in [0, 0.1) is 0 Å². The number of carbonyl (C=O) groups is 2. The number of urea groups is 1. The summed E-state index contributed by atoms with van der Waals surface area (Å²) in [5, 5.41) is 5.31. The van der Waals surface area contributed by atoms with Crippen molar-refractivity contribution in [1.82, 2.24) is 0 Å². The van der Waals surface area contributed by atoms with Crippen molar-refractivity contribution in [3.63, 3.8) is 0 Å². The normalized spacial score (nSPS) is 9.95. The van der Waals surface area contributed by atoms with Gasteiger partial charge in [0.15, 0.2) is 0 Å². The first-order valence-electron chi connectivity index (χ1n) is 6.21. The Morgan fingerprint density at radius 3 is 2.29 bits per heavy atom. The molecule has 0 aromatic heterocycles. The molecule has 0 saturated carbocycles. The van der Waals surface area contributed by atoms with Crippen molar-refractivity contribution in [1.29, 1.82) is 0 Å². The SMILES string of the molecule is CSc1ccccc1NC(=O)c1ccc(NC(N)=O)cc1. The van der Waals surface area contributed by atoms with Gasteiger partial charge in [0.2, 0.25) is 0 Å². The number of hydrogen-bond acceptors (Lipinski definition) is 3. The third kappa shape index (κ3) is 4.00. The molecule has 0 spiro atoms. The van der Waals surface area contributed by atoms with Gasteiger partial charge in [-0.05, 0) is 42.7 Å². The van der Waals surface area contributed by atoms with Crippen LogP contribution in [0.4, 0.5) is 16.2 Å². The zero-order valence-corrected chi connectivity index (χ0v) is 12.2. The Bertz CT molecular complexity index is 656. The lowest BCUT2D eigenvalue weighted by Crippen LogP contribution is -2.19. The molecule has 0 unspecified atom stereocenters. The number of nitrogens with two attached hydrogens (primary N) is 1. The standard InChI is InChI=1S/C15H15N3O2S/c1-21-13-5-3-2-4-12(13)18-14(19)10-6-8-11(9-7-10)17-15(16)20/h2-9H,1H3,(H,18,19)(H3,16,17,20). The molecule has 21 heavy (non-hydrogen) atoms.